The third-order valence-electron chi connectivity index (χ3n) is 5.31. The molecule has 1 aliphatic carbocycles. The molecule has 0 unspecified atom stereocenters. The predicted octanol–water partition coefficient (Wildman–Crippen LogP) is 4.13. The summed E-state index contributed by atoms with van der Waals surface area (Å²) in [6.45, 7) is 1.21. The molecule has 1 amide bonds. The second kappa shape index (κ2) is 6.70. The normalized spacial score (nSPS) is 28.3. The lowest BCUT2D eigenvalue weighted by molar-refractivity contribution is 0.102. The number of rotatable bonds is 4. The number of carbonyl (C=O) groups excluding carboxylic acids is 1. The van der Waals surface area contributed by atoms with Crippen molar-refractivity contribution in [2.75, 3.05) is 12.0 Å². The summed E-state index contributed by atoms with van der Waals surface area (Å²) in [5.41, 5.74) is 5.76. The second-order valence-corrected chi connectivity index (χ2v) is 9.04. The van der Waals surface area contributed by atoms with Crippen LogP contribution in [0.5, 0.6) is 0 Å². The van der Waals surface area contributed by atoms with E-state index in [-0.39, 0.29) is 22.3 Å². The lowest BCUT2D eigenvalue weighted by atomic mass is 9.85. The fraction of sp³-hybridized carbons (Fsp3) is 0.316. The molecule has 1 aromatic heterocycles. The number of fused-ring (bicyclic) bond motifs is 1. The Hall–Kier alpha value is -2.19. The average molecular weight is 423 g/mol. The van der Waals surface area contributed by atoms with E-state index in [0.29, 0.717) is 17.1 Å². The number of benzene rings is 1. The Balaban J connectivity index is 1.65. The summed E-state index contributed by atoms with van der Waals surface area (Å²) in [5, 5.41) is 3.35. The summed E-state index contributed by atoms with van der Waals surface area (Å²) < 4.78 is 27.7. The van der Waals surface area contributed by atoms with E-state index in [4.69, 9.17) is 17.3 Å². The maximum atomic E-state index is 14.7. The minimum atomic E-state index is -0.995. The number of nitrogens with two attached hydrogens (primary N) is 1. The van der Waals surface area contributed by atoms with Gasteiger partial charge in [-0.05, 0) is 43.7 Å². The van der Waals surface area contributed by atoms with Crippen LogP contribution in [0.25, 0.3) is 0 Å². The highest BCUT2D eigenvalue weighted by Gasteiger charge is 2.66. The van der Waals surface area contributed by atoms with Crippen LogP contribution in [0.2, 0.25) is 5.02 Å². The number of carbonyl (C=O) groups is 1. The molecule has 1 saturated carbocycles. The first-order valence-corrected chi connectivity index (χ1v) is 9.80. The smallest absolute Gasteiger partial charge is 0.274 e. The standard InChI is InChI=1S/C19H17ClF2N4OS/c1-18(15-7-19(15,9-21)28-17(23)26-18)12-6-11(3-4-13(12)22)25-16(27)14-5-2-10(20)8-24-14/h2-6,8,15H,7,9H2,1H3,(H2,23,26)(H,25,27)/t15-,18-,19+/m0/s1. The zero-order chi connectivity index (χ0) is 20.1. The average Bonchev–Trinajstić information content (AvgIpc) is 3.39. The zero-order valence-corrected chi connectivity index (χ0v) is 16.5. The number of thioether (sulfide) groups is 1. The summed E-state index contributed by atoms with van der Waals surface area (Å²) in [6, 6.07) is 7.29. The van der Waals surface area contributed by atoms with E-state index in [1.165, 1.54) is 42.2 Å². The quantitative estimate of drug-likeness (QED) is 0.776. The van der Waals surface area contributed by atoms with Gasteiger partial charge in [0.05, 0.1) is 15.3 Å². The molecule has 5 nitrogen and oxygen atoms in total. The summed E-state index contributed by atoms with van der Waals surface area (Å²) in [6.07, 6.45) is 1.94. The van der Waals surface area contributed by atoms with E-state index in [0.717, 1.165) is 0 Å². The number of hydrogen-bond acceptors (Lipinski definition) is 5. The van der Waals surface area contributed by atoms with Crippen LogP contribution in [0.1, 0.15) is 29.4 Å². The summed E-state index contributed by atoms with van der Waals surface area (Å²) in [4.78, 5) is 20.8. The van der Waals surface area contributed by atoms with E-state index in [2.05, 4.69) is 15.3 Å². The van der Waals surface area contributed by atoms with Gasteiger partial charge in [0.25, 0.3) is 5.91 Å². The molecule has 2 aromatic rings. The van der Waals surface area contributed by atoms with Crippen LogP contribution < -0.4 is 11.1 Å². The van der Waals surface area contributed by atoms with E-state index < -0.39 is 28.7 Å². The molecule has 9 heteroatoms. The van der Waals surface area contributed by atoms with Crippen LogP contribution in [0.3, 0.4) is 0 Å². The van der Waals surface area contributed by atoms with Gasteiger partial charge in [-0.2, -0.15) is 0 Å². The SMILES string of the molecule is C[C@@]1(c2cc(NC(=O)c3ccc(Cl)cn3)ccc2F)N=C(N)S[C@@]2(CF)C[C@H]21. The van der Waals surface area contributed by atoms with Gasteiger partial charge in [-0.15, -0.1) is 0 Å². The first kappa shape index (κ1) is 19.1. The minimum Gasteiger partial charge on any atom is -0.378 e. The molecule has 0 radical (unpaired) electrons. The lowest BCUT2D eigenvalue weighted by Gasteiger charge is -2.33. The summed E-state index contributed by atoms with van der Waals surface area (Å²) >= 11 is 7.00. The van der Waals surface area contributed by atoms with Crippen molar-refractivity contribution in [2.45, 2.75) is 23.6 Å². The maximum Gasteiger partial charge on any atom is 0.274 e. The van der Waals surface area contributed by atoms with Crippen molar-refractivity contribution in [3.05, 3.63) is 58.6 Å². The molecule has 0 spiro atoms. The first-order valence-electron chi connectivity index (χ1n) is 8.61. The fourth-order valence-corrected chi connectivity index (χ4v) is 5.21. The number of amides is 1. The van der Waals surface area contributed by atoms with Gasteiger partial charge < -0.3 is 11.1 Å². The first-order chi connectivity index (χ1) is 13.3. The van der Waals surface area contributed by atoms with Crippen LogP contribution in [-0.2, 0) is 5.54 Å². The molecule has 1 aliphatic heterocycles. The van der Waals surface area contributed by atoms with Crippen LogP contribution >= 0.6 is 23.4 Å². The Morgan fingerprint density at radius 1 is 1.43 bits per heavy atom. The molecule has 1 aromatic carbocycles. The van der Waals surface area contributed by atoms with Gasteiger partial charge >= 0.3 is 0 Å². The Kier molecular flexibility index (Phi) is 4.58. The van der Waals surface area contributed by atoms with Crippen molar-refractivity contribution in [2.24, 2.45) is 16.6 Å². The number of nitrogens with one attached hydrogen (secondary N) is 1. The molecule has 1 fully saturated rings. The van der Waals surface area contributed by atoms with Gasteiger partial charge in [0, 0.05) is 23.4 Å². The molecular weight excluding hydrogens is 406 g/mol. The van der Waals surface area contributed by atoms with E-state index in [9.17, 15) is 13.6 Å². The molecule has 2 aliphatic rings. The topological polar surface area (TPSA) is 80.4 Å². The number of hydrogen-bond donors (Lipinski definition) is 2. The van der Waals surface area contributed by atoms with Crippen LogP contribution in [-0.4, -0.2) is 27.5 Å². The summed E-state index contributed by atoms with van der Waals surface area (Å²) in [7, 11) is 0. The summed E-state index contributed by atoms with van der Waals surface area (Å²) in [5.74, 6) is -1.10. The highest BCUT2D eigenvalue weighted by molar-refractivity contribution is 8.15. The fourth-order valence-electron chi connectivity index (χ4n) is 3.77. The minimum absolute atomic E-state index is 0.166. The van der Waals surface area contributed by atoms with Crippen LogP contribution in [0.4, 0.5) is 14.5 Å². The molecule has 28 heavy (non-hydrogen) atoms. The Bertz CT molecular complexity index is 986. The van der Waals surface area contributed by atoms with Crippen LogP contribution in [0.15, 0.2) is 41.5 Å². The number of alkyl halides is 1. The Labute approximate surface area is 169 Å². The largest absolute Gasteiger partial charge is 0.378 e. The molecule has 0 bridgehead atoms. The monoisotopic (exact) mass is 422 g/mol. The van der Waals surface area contributed by atoms with Gasteiger partial charge in [0.15, 0.2) is 5.17 Å². The van der Waals surface area contributed by atoms with Crippen molar-refractivity contribution in [3.63, 3.8) is 0 Å². The number of aliphatic imine (C=N–C) groups is 1. The van der Waals surface area contributed by atoms with Gasteiger partial charge in [0.2, 0.25) is 0 Å². The van der Waals surface area contributed by atoms with Crippen molar-refractivity contribution in [3.8, 4) is 0 Å². The number of amidine groups is 1. The lowest BCUT2D eigenvalue weighted by Crippen LogP contribution is -2.36. The van der Waals surface area contributed by atoms with Crippen molar-refractivity contribution >= 4 is 40.1 Å². The predicted molar refractivity (Wildman–Crippen MR) is 107 cm³/mol. The van der Waals surface area contributed by atoms with Crippen LogP contribution in [0, 0.1) is 11.7 Å². The van der Waals surface area contributed by atoms with Gasteiger partial charge in [-0.3, -0.25) is 9.79 Å². The van der Waals surface area contributed by atoms with Crippen molar-refractivity contribution in [1.29, 1.82) is 0 Å². The molecule has 146 valence electrons. The third kappa shape index (κ3) is 3.14. The third-order valence-corrected chi connectivity index (χ3v) is 6.80. The highest BCUT2D eigenvalue weighted by Crippen LogP contribution is 2.66. The van der Waals surface area contributed by atoms with Gasteiger partial charge in [0.1, 0.15) is 18.2 Å². The molecule has 3 N–H and O–H groups in total. The van der Waals surface area contributed by atoms with Gasteiger partial charge in [-0.1, -0.05) is 23.4 Å². The number of anilines is 1. The van der Waals surface area contributed by atoms with Crippen molar-refractivity contribution in [1.82, 2.24) is 4.98 Å². The molecule has 3 atom stereocenters. The Morgan fingerprint density at radius 3 is 2.89 bits per heavy atom. The highest BCUT2D eigenvalue weighted by atomic mass is 35.5. The second-order valence-electron chi connectivity index (χ2n) is 7.17. The number of aromatic nitrogens is 1. The Morgan fingerprint density at radius 2 is 2.21 bits per heavy atom. The molecular formula is C19H17ClF2N4OS. The van der Waals surface area contributed by atoms with E-state index >= 15 is 0 Å². The van der Waals surface area contributed by atoms with Crippen molar-refractivity contribution < 1.29 is 13.6 Å². The zero-order valence-electron chi connectivity index (χ0n) is 14.9. The molecule has 2 heterocycles. The number of halogens is 3. The van der Waals surface area contributed by atoms with E-state index in [1.807, 2.05) is 0 Å². The van der Waals surface area contributed by atoms with E-state index in [1.54, 1.807) is 13.0 Å². The molecule has 4 rings (SSSR count). The maximum absolute atomic E-state index is 14.7. The number of pyridine rings is 1. The molecule has 0 saturated heterocycles. The number of nitrogens with zero attached hydrogens (tertiary/aromatic N) is 2. The van der Waals surface area contributed by atoms with Gasteiger partial charge in [-0.25, -0.2) is 13.8 Å².